The smallest absolute Gasteiger partial charge is 0.244 e. The second kappa shape index (κ2) is 6.21. The first kappa shape index (κ1) is 15.4. The number of rotatable bonds is 5. The maximum absolute atomic E-state index is 11.9. The van der Waals surface area contributed by atoms with Gasteiger partial charge in [0.25, 0.3) is 0 Å². The Morgan fingerprint density at radius 3 is 2.57 bits per heavy atom. The van der Waals surface area contributed by atoms with Gasteiger partial charge in [-0.1, -0.05) is 12.1 Å². The number of hydrogen-bond donors (Lipinski definition) is 1. The normalized spacial score (nSPS) is 11.6. The number of ether oxygens (including phenoxy) is 1. The molecular weight excluding hydrogens is 290 g/mol. The van der Waals surface area contributed by atoms with E-state index in [1.165, 1.54) is 32.4 Å². The van der Waals surface area contributed by atoms with Crippen LogP contribution < -0.4 is 10.5 Å². The Morgan fingerprint density at radius 1 is 1.24 bits per heavy atom. The van der Waals surface area contributed by atoms with Gasteiger partial charge in [-0.3, -0.25) is 0 Å². The van der Waals surface area contributed by atoms with E-state index < -0.39 is 10.0 Å². The molecule has 0 aliphatic heterocycles. The Balaban J connectivity index is 2.20. The van der Waals surface area contributed by atoms with E-state index in [4.69, 9.17) is 10.5 Å². The van der Waals surface area contributed by atoms with Crippen LogP contribution in [-0.2, 0) is 16.6 Å². The van der Waals surface area contributed by atoms with Crippen molar-refractivity contribution in [2.24, 2.45) is 5.73 Å². The third kappa shape index (κ3) is 3.57. The van der Waals surface area contributed by atoms with E-state index >= 15 is 0 Å². The largest absolute Gasteiger partial charge is 0.439 e. The van der Waals surface area contributed by atoms with Crippen LogP contribution in [0.15, 0.2) is 47.5 Å². The Kier molecular flexibility index (Phi) is 4.56. The number of benzene rings is 1. The van der Waals surface area contributed by atoms with Crippen LogP contribution in [0.5, 0.6) is 11.6 Å². The van der Waals surface area contributed by atoms with E-state index in [-0.39, 0.29) is 4.90 Å². The van der Waals surface area contributed by atoms with Gasteiger partial charge in [-0.25, -0.2) is 17.7 Å². The standard InChI is InChI=1S/C14H17N3O3S/c1-17(2)21(18,19)13-6-7-14(16-10-13)20-12-5-3-4-11(8-12)9-15/h3-8,10H,9,15H2,1-2H3. The lowest BCUT2D eigenvalue weighted by atomic mass is 10.2. The van der Waals surface area contributed by atoms with E-state index in [0.717, 1.165) is 9.87 Å². The van der Waals surface area contributed by atoms with Gasteiger partial charge in [-0.15, -0.1) is 0 Å². The molecule has 6 nitrogen and oxygen atoms in total. The number of hydrogen-bond acceptors (Lipinski definition) is 5. The van der Waals surface area contributed by atoms with Crippen molar-refractivity contribution in [2.75, 3.05) is 14.1 Å². The number of nitrogens with zero attached hydrogens (tertiary/aromatic N) is 2. The number of aromatic nitrogens is 1. The van der Waals surface area contributed by atoms with Crippen molar-refractivity contribution in [2.45, 2.75) is 11.4 Å². The molecule has 0 atom stereocenters. The topological polar surface area (TPSA) is 85.5 Å². The number of pyridine rings is 1. The molecule has 1 aromatic heterocycles. The molecule has 0 spiro atoms. The molecule has 0 unspecified atom stereocenters. The molecule has 1 aromatic carbocycles. The number of sulfonamides is 1. The van der Waals surface area contributed by atoms with Crippen LogP contribution in [0.2, 0.25) is 0 Å². The average molecular weight is 307 g/mol. The van der Waals surface area contributed by atoms with Crippen LogP contribution in [0.4, 0.5) is 0 Å². The van der Waals surface area contributed by atoms with Gasteiger partial charge in [0.05, 0.1) is 6.20 Å². The van der Waals surface area contributed by atoms with Crippen molar-refractivity contribution < 1.29 is 13.2 Å². The van der Waals surface area contributed by atoms with Crippen LogP contribution in [-0.4, -0.2) is 31.8 Å². The van der Waals surface area contributed by atoms with Crippen molar-refractivity contribution >= 4 is 10.0 Å². The molecule has 0 saturated heterocycles. The SMILES string of the molecule is CN(C)S(=O)(=O)c1ccc(Oc2cccc(CN)c2)nc1. The van der Waals surface area contributed by atoms with Gasteiger partial charge >= 0.3 is 0 Å². The summed E-state index contributed by atoms with van der Waals surface area (Å²) in [5.74, 6) is 0.926. The molecule has 0 amide bonds. The summed E-state index contributed by atoms with van der Waals surface area (Å²) in [7, 11) is -0.538. The summed E-state index contributed by atoms with van der Waals surface area (Å²) in [6.45, 7) is 0.421. The lowest BCUT2D eigenvalue weighted by molar-refractivity contribution is 0.461. The lowest BCUT2D eigenvalue weighted by Crippen LogP contribution is -2.22. The molecule has 21 heavy (non-hydrogen) atoms. The first-order chi connectivity index (χ1) is 9.93. The molecule has 1 heterocycles. The van der Waals surface area contributed by atoms with Crippen LogP contribution in [0.1, 0.15) is 5.56 Å². The Labute approximate surface area is 124 Å². The quantitative estimate of drug-likeness (QED) is 0.906. The minimum absolute atomic E-state index is 0.121. The summed E-state index contributed by atoms with van der Waals surface area (Å²) in [6, 6.07) is 10.3. The van der Waals surface area contributed by atoms with Crippen LogP contribution in [0.25, 0.3) is 0 Å². The Hall–Kier alpha value is -1.96. The predicted octanol–water partition coefficient (Wildman–Crippen LogP) is 1.58. The summed E-state index contributed by atoms with van der Waals surface area (Å²) in [4.78, 5) is 4.14. The monoisotopic (exact) mass is 307 g/mol. The van der Waals surface area contributed by atoms with Crippen LogP contribution in [0.3, 0.4) is 0 Å². The molecule has 0 bridgehead atoms. The molecule has 2 N–H and O–H groups in total. The molecule has 0 fully saturated rings. The molecule has 2 rings (SSSR count). The first-order valence-electron chi connectivity index (χ1n) is 6.29. The third-order valence-corrected chi connectivity index (χ3v) is 4.64. The van der Waals surface area contributed by atoms with Crippen molar-refractivity contribution in [1.29, 1.82) is 0 Å². The van der Waals surface area contributed by atoms with E-state index in [1.807, 2.05) is 18.2 Å². The predicted molar refractivity (Wildman–Crippen MR) is 79.5 cm³/mol. The van der Waals surface area contributed by atoms with Crippen molar-refractivity contribution in [3.8, 4) is 11.6 Å². The van der Waals surface area contributed by atoms with E-state index in [2.05, 4.69) is 4.98 Å². The van der Waals surface area contributed by atoms with E-state index in [1.54, 1.807) is 6.07 Å². The zero-order chi connectivity index (χ0) is 15.5. The van der Waals surface area contributed by atoms with Crippen LogP contribution in [0, 0.1) is 0 Å². The Morgan fingerprint density at radius 2 is 2.00 bits per heavy atom. The summed E-state index contributed by atoms with van der Waals surface area (Å²) in [5.41, 5.74) is 6.51. The fraction of sp³-hybridized carbons (Fsp3) is 0.214. The molecule has 0 radical (unpaired) electrons. The van der Waals surface area contributed by atoms with Gasteiger partial charge in [0.2, 0.25) is 15.9 Å². The van der Waals surface area contributed by atoms with Crippen molar-refractivity contribution in [3.05, 3.63) is 48.2 Å². The molecule has 0 aliphatic rings. The van der Waals surface area contributed by atoms with Gasteiger partial charge < -0.3 is 10.5 Å². The molecule has 0 saturated carbocycles. The van der Waals surface area contributed by atoms with Crippen LogP contribution >= 0.6 is 0 Å². The third-order valence-electron chi connectivity index (χ3n) is 2.84. The van der Waals surface area contributed by atoms with Gasteiger partial charge in [0.1, 0.15) is 10.6 Å². The second-order valence-electron chi connectivity index (χ2n) is 4.57. The van der Waals surface area contributed by atoms with E-state index in [0.29, 0.717) is 18.2 Å². The molecule has 112 valence electrons. The summed E-state index contributed by atoms with van der Waals surface area (Å²) >= 11 is 0. The summed E-state index contributed by atoms with van der Waals surface area (Å²) < 4.78 is 30.5. The Bertz CT molecular complexity index is 712. The van der Waals surface area contributed by atoms with Gasteiger partial charge in [0.15, 0.2) is 0 Å². The molecule has 7 heteroatoms. The highest BCUT2D eigenvalue weighted by Crippen LogP contribution is 2.22. The highest BCUT2D eigenvalue weighted by molar-refractivity contribution is 7.89. The fourth-order valence-corrected chi connectivity index (χ4v) is 2.49. The lowest BCUT2D eigenvalue weighted by Gasteiger charge is -2.11. The van der Waals surface area contributed by atoms with E-state index in [9.17, 15) is 8.42 Å². The van der Waals surface area contributed by atoms with Gasteiger partial charge in [0, 0.05) is 26.7 Å². The zero-order valence-corrected chi connectivity index (χ0v) is 12.7. The molecule has 0 aliphatic carbocycles. The second-order valence-corrected chi connectivity index (χ2v) is 6.72. The maximum Gasteiger partial charge on any atom is 0.244 e. The van der Waals surface area contributed by atoms with Crippen molar-refractivity contribution in [1.82, 2.24) is 9.29 Å². The average Bonchev–Trinajstić information content (AvgIpc) is 2.48. The minimum atomic E-state index is -3.48. The highest BCUT2D eigenvalue weighted by Gasteiger charge is 2.17. The van der Waals surface area contributed by atoms with Gasteiger partial charge in [-0.2, -0.15) is 0 Å². The maximum atomic E-state index is 11.9. The van der Waals surface area contributed by atoms with Crippen molar-refractivity contribution in [3.63, 3.8) is 0 Å². The first-order valence-corrected chi connectivity index (χ1v) is 7.73. The molecule has 2 aromatic rings. The van der Waals surface area contributed by atoms with Gasteiger partial charge in [-0.05, 0) is 23.8 Å². The summed E-state index contributed by atoms with van der Waals surface area (Å²) in [5, 5.41) is 0. The summed E-state index contributed by atoms with van der Waals surface area (Å²) in [6.07, 6.45) is 1.28. The number of nitrogens with two attached hydrogens (primary N) is 1. The molecular formula is C14H17N3O3S. The highest BCUT2D eigenvalue weighted by atomic mass is 32.2. The minimum Gasteiger partial charge on any atom is -0.439 e. The zero-order valence-electron chi connectivity index (χ0n) is 11.9. The fourth-order valence-electron chi connectivity index (χ4n) is 1.65.